The minimum atomic E-state index is -0.655. The zero-order valence-corrected chi connectivity index (χ0v) is 26.3. The van der Waals surface area contributed by atoms with Crippen molar-refractivity contribution in [3.8, 4) is 0 Å². The lowest BCUT2D eigenvalue weighted by Gasteiger charge is -2.42. The Morgan fingerprint density at radius 1 is 1.18 bits per heavy atom. The molecule has 6 rings (SSSR count). The number of nitrogens with one attached hydrogen (secondary N) is 1. The summed E-state index contributed by atoms with van der Waals surface area (Å²) in [6, 6.07) is 9.43. The molecule has 0 saturated carbocycles. The summed E-state index contributed by atoms with van der Waals surface area (Å²) in [5, 5.41) is 4.16. The summed E-state index contributed by atoms with van der Waals surface area (Å²) in [6.07, 6.45) is 4.47. The first-order valence-corrected chi connectivity index (χ1v) is 15.8. The number of thiazole rings is 1. The highest BCUT2D eigenvalue weighted by Gasteiger charge is 2.43. The number of ether oxygens (including phenoxy) is 2. The normalized spacial score (nSPS) is 18.7. The van der Waals surface area contributed by atoms with Gasteiger partial charge in [0.15, 0.2) is 0 Å². The van der Waals surface area contributed by atoms with Crippen LogP contribution in [-0.4, -0.2) is 78.6 Å². The van der Waals surface area contributed by atoms with E-state index in [0.717, 1.165) is 29.0 Å². The van der Waals surface area contributed by atoms with Crippen molar-refractivity contribution in [2.24, 2.45) is 0 Å². The number of fused-ring (bicyclic) bond motifs is 1. The largest absolute Gasteiger partial charge is 0.469 e. The maximum atomic E-state index is 15.4. The molecule has 0 spiro atoms. The van der Waals surface area contributed by atoms with E-state index in [4.69, 9.17) is 25.5 Å². The third-order valence-electron chi connectivity index (χ3n) is 8.44. The van der Waals surface area contributed by atoms with Crippen molar-refractivity contribution in [1.82, 2.24) is 14.8 Å². The highest BCUT2D eigenvalue weighted by molar-refractivity contribution is 7.11. The van der Waals surface area contributed by atoms with E-state index in [1.54, 1.807) is 42.5 Å². The van der Waals surface area contributed by atoms with Crippen LogP contribution in [0.5, 0.6) is 0 Å². The Kier molecular flexibility index (Phi) is 9.18. The van der Waals surface area contributed by atoms with E-state index in [1.807, 2.05) is 0 Å². The number of carbonyl (C=O) groups excluding carboxylic acids is 3. The van der Waals surface area contributed by atoms with Gasteiger partial charge < -0.3 is 24.1 Å². The molecule has 45 heavy (non-hydrogen) atoms. The predicted octanol–water partition coefficient (Wildman–Crippen LogP) is 5.26. The molecule has 2 aromatic heterocycles. The summed E-state index contributed by atoms with van der Waals surface area (Å²) >= 11 is 7.96. The summed E-state index contributed by atoms with van der Waals surface area (Å²) in [7, 11) is 3.05. The summed E-state index contributed by atoms with van der Waals surface area (Å²) in [6.45, 7) is 2.04. The number of esters is 1. The van der Waals surface area contributed by atoms with Crippen LogP contribution in [-0.2, 0) is 31.9 Å². The Bertz CT molecular complexity index is 1740. The van der Waals surface area contributed by atoms with Crippen molar-refractivity contribution in [3.63, 3.8) is 0 Å². The monoisotopic (exact) mass is 654 g/mol. The van der Waals surface area contributed by atoms with E-state index in [2.05, 4.69) is 15.2 Å². The maximum Gasteiger partial charge on any atom is 0.305 e. The molecule has 0 unspecified atom stereocenters. The lowest BCUT2D eigenvalue weighted by atomic mass is 10.1. The Morgan fingerprint density at radius 2 is 1.98 bits per heavy atom. The number of methoxy groups -OCH3 is 2. The number of aromatic nitrogens is 1. The van der Waals surface area contributed by atoms with E-state index in [0.29, 0.717) is 35.9 Å². The second kappa shape index (κ2) is 13.3. The van der Waals surface area contributed by atoms with Crippen LogP contribution >= 0.6 is 22.9 Å². The third-order valence-corrected chi connectivity index (χ3v) is 9.91. The molecule has 2 atom stereocenters. The number of halogens is 2. The number of rotatable bonds is 10. The maximum absolute atomic E-state index is 15.4. The second-order valence-corrected chi connectivity index (χ2v) is 12.8. The van der Waals surface area contributed by atoms with Crippen LogP contribution in [0.25, 0.3) is 11.0 Å². The van der Waals surface area contributed by atoms with Gasteiger partial charge in [-0.3, -0.25) is 19.3 Å². The SMILES string of the molecule is COC(=O)CCc1cnc([C@@H]2C[C@H](N3CC(OC)C3)CN2C(=O)Cc2cc(Cl)c(NC(=O)c3coc4ccccc34)cc2F)s1. The summed E-state index contributed by atoms with van der Waals surface area (Å²) in [5.41, 5.74) is 1.07. The van der Waals surface area contributed by atoms with Gasteiger partial charge in [-0.25, -0.2) is 9.37 Å². The number of benzene rings is 2. The molecule has 2 saturated heterocycles. The van der Waals surface area contributed by atoms with E-state index in [1.165, 1.54) is 30.8 Å². The molecule has 2 aromatic carbocycles. The van der Waals surface area contributed by atoms with Gasteiger partial charge in [-0.1, -0.05) is 29.8 Å². The average Bonchev–Trinajstić information content (AvgIpc) is 3.76. The van der Waals surface area contributed by atoms with Gasteiger partial charge in [0, 0.05) is 49.2 Å². The van der Waals surface area contributed by atoms with Gasteiger partial charge in [0.1, 0.15) is 22.7 Å². The van der Waals surface area contributed by atoms with Crippen molar-refractivity contribution in [2.75, 3.05) is 39.2 Å². The lowest BCUT2D eigenvalue weighted by molar-refractivity contribution is -0.140. The Morgan fingerprint density at radius 3 is 2.76 bits per heavy atom. The number of likely N-dealkylation sites (tertiary alicyclic amines) is 2. The minimum absolute atomic E-state index is 0.0903. The summed E-state index contributed by atoms with van der Waals surface area (Å²) in [5.74, 6) is -1.70. The van der Waals surface area contributed by atoms with Crippen LogP contribution in [0.3, 0.4) is 0 Å². The van der Waals surface area contributed by atoms with Gasteiger partial charge in [-0.2, -0.15) is 0 Å². The molecule has 0 aliphatic carbocycles. The number of anilines is 1. The van der Waals surface area contributed by atoms with Crippen molar-refractivity contribution in [1.29, 1.82) is 0 Å². The average molecular weight is 655 g/mol. The highest BCUT2D eigenvalue weighted by Crippen LogP contribution is 2.39. The molecular formula is C32H32ClFN4O6S. The fourth-order valence-corrected chi connectivity index (χ4v) is 7.13. The van der Waals surface area contributed by atoms with Gasteiger partial charge in [0.2, 0.25) is 5.91 Å². The number of aryl methyl sites for hydroxylation is 1. The molecule has 2 fully saturated rings. The Hall–Kier alpha value is -3.84. The molecule has 2 aliphatic rings. The molecule has 10 nitrogen and oxygen atoms in total. The number of hydrogen-bond acceptors (Lipinski definition) is 9. The molecule has 0 radical (unpaired) electrons. The molecule has 4 aromatic rings. The third kappa shape index (κ3) is 6.60. The number of carbonyl (C=O) groups is 3. The van der Waals surface area contributed by atoms with Crippen LogP contribution < -0.4 is 5.32 Å². The smallest absolute Gasteiger partial charge is 0.305 e. The molecule has 2 aliphatic heterocycles. The highest BCUT2D eigenvalue weighted by atomic mass is 35.5. The number of nitrogens with zero attached hydrogens (tertiary/aromatic N) is 3. The molecule has 4 heterocycles. The molecule has 13 heteroatoms. The van der Waals surface area contributed by atoms with Crippen LogP contribution in [0, 0.1) is 5.82 Å². The van der Waals surface area contributed by atoms with Crippen molar-refractivity contribution in [2.45, 2.75) is 43.9 Å². The topological polar surface area (TPSA) is 114 Å². The van der Waals surface area contributed by atoms with Gasteiger partial charge in [-0.15, -0.1) is 11.3 Å². The second-order valence-electron chi connectivity index (χ2n) is 11.2. The number of hydrogen-bond donors (Lipinski definition) is 1. The van der Waals surface area contributed by atoms with Crippen molar-refractivity contribution in [3.05, 3.63) is 80.7 Å². The van der Waals surface area contributed by atoms with Crippen molar-refractivity contribution < 1.29 is 32.7 Å². The number of amides is 2. The van der Waals surface area contributed by atoms with Crippen LogP contribution in [0.2, 0.25) is 5.02 Å². The van der Waals surface area contributed by atoms with Crippen molar-refractivity contribution >= 4 is 57.4 Å². The lowest BCUT2D eigenvalue weighted by Crippen LogP contribution is -2.56. The zero-order valence-electron chi connectivity index (χ0n) is 24.8. The Labute approximate surface area is 268 Å². The van der Waals surface area contributed by atoms with Gasteiger partial charge in [-0.05, 0) is 36.6 Å². The fraction of sp³-hybridized carbons (Fsp3) is 0.375. The molecule has 236 valence electrons. The van der Waals surface area contributed by atoms with Gasteiger partial charge in [0.05, 0.1) is 48.4 Å². The first kappa shape index (κ1) is 31.2. The van der Waals surface area contributed by atoms with Gasteiger partial charge >= 0.3 is 5.97 Å². The van der Waals surface area contributed by atoms with E-state index in [-0.39, 0.29) is 59.2 Å². The summed E-state index contributed by atoms with van der Waals surface area (Å²) < 4.78 is 31.0. The minimum Gasteiger partial charge on any atom is -0.469 e. The first-order chi connectivity index (χ1) is 21.7. The Balaban J connectivity index is 1.17. The first-order valence-electron chi connectivity index (χ1n) is 14.6. The standard InChI is InChI=1S/C32H32ClFN4O6S/c1-42-20-15-37(16-20)19-11-27(32-35-13-21(45-32)7-8-30(40)43-2)38(14-19)29(39)10-18-9-24(33)26(12-25(18)34)36-31(41)23-17-44-28-6-4-3-5-22(23)28/h3-6,9,12-13,17,19-20,27H,7-8,10-11,14-16H2,1-2H3,(H,36,41)/t19-,27-/m0/s1. The zero-order chi connectivity index (χ0) is 31.7. The van der Waals surface area contributed by atoms with E-state index >= 15 is 4.39 Å². The summed E-state index contributed by atoms with van der Waals surface area (Å²) in [4.78, 5) is 47.9. The molecule has 1 N–H and O–H groups in total. The van der Waals surface area contributed by atoms with Crippen LogP contribution in [0.4, 0.5) is 10.1 Å². The van der Waals surface area contributed by atoms with E-state index < -0.39 is 11.7 Å². The number of furan rings is 1. The molecule has 2 amide bonds. The van der Waals surface area contributed by atoms with Gasteiger partial charge in [0.25, 0.3) is 5.91 Å². The van der Waals surface area contributed by atoms with Crippen LogP contribution in [0.15, 0.2) is 53.3 Å². The quantitative estimate of drug-likeness (QED) is 0.231. The molecular weight excluding hydrogens is 623 g/mol. The predicted molar refractivity (Wildman–Crippen MR) is 167 cm³/mol. The van der Waals surface area contributed by atoms with Crippen LogP contribution in [0.1, 0.15) is 44.7 Å². The number of para-hydroxylation sites is 1. The molecule has 0 bridgehead atoms. The fourth-order valence-electron chi connectivity index (χ4n) is 5.85. The van der Waals surface area contributed by atoms with E-state index in [9.17, 15) is 14.4 Å².